The molecule has 0 aliphatic carbocycles. The van der Waals surface area contributed by atoms with Crippen LogP contribution in [0.5, 0.6) is 5.88 Å². The highest BCUT2D eigenvalue weighted by Gasteiger charge is 2.16. The van der Waals surface area contributed by atoms with E-state index in [9.17, 15) is 13.6 Å². The number of aryl methyl sites for hydroxylation is 1. The smallest absolute Gasteiger partial charge is 0.272 e. The molecule has 0 atom stereocenters. The summed E-state index contributed by atoms with van der Waals surface area (Å²) in [5.74, 6) is -0.157. The Morgan fingerprint density at radius 3 is 3.00 bits per heavy atom. The maximum Gasteiger partial charge on any atom is 0.272 e. The molecule has 0 saturated heterocycles. The summed E-state index contributed by atoms with van der Waals surface area (Å²) in [6, 6.07) is 2.94. The third kappa shape index (κ3) is 3.67. The Labute approximate surface area is 117 Å². The zero-order chi connectivity index (χ0) is 14.5. The van der Waals surface area contributed by atoms with Crippen molar-refractivity contribution in [2.24, 2.45) is 0 Å². The summed E-state index contributed by atoms with van der Waals surface area (Å²) in [6.07, 6.45) is -1.29. The second kappa shape index (κ2) is 6.33. The molecule has 2 aromatic heterocycles. The van der Waals surface area contributed by atoms with E-state index >= 15 is 0 Å². The van der Waals surface area contributed by atoms with Crippen molar-refractivity contribution in [3.05, 3.63) is 29.7 Å². The Kier molecular flexibility index (Phi) is 4.51. The molecule has 1 N–H and O–H groups in total. The first-order valence-corrected chi connectivity index (χ1v) is 6.31. The van der Waals surface area contributed by atoms with Gasteiger partial charge in [0.2, 0.25) is 11.0 Å². The molecule has 0 fully saturated rings. The van der Waals surface area contributed by atoms with E-state index in [2.05, 4.69) is 19.7 Å². The Balaban J connectivity index is 2.12. The minimum atomic E-state index is -2.64. The molecule has 2 aromatic rings. The largest absolute Gasteiger partial charge is 0.471 e. The summed E-state index contributed by atoms with van der Waals surface area (Å²) in [4.78, 5) is 19.8. The van der Waals surface area contributed by atoms with Gasteiger partial charge < -0.3 is 4.74 Å². The van der Waals surface area contributed by atoms with Crippen molar-refractivity contribution in [2.45, 2.75) is 13.3 Å². The normalized spacial score (nSPS) is 10.6. The van der Waals surface area contributed by atoms with Gasteiger partial charge in [0.05, 0.1) is 0 Å². The van der Waals surface area contributed by atoms with E-state index in [1.54, 1.807) is 6.92 Å². The fraction of sp³-hybridized carbons (Fsp3) is 0.273. The molecule has 9 heteroatoms. The first-order valence-electron chi connectivity index (χ1n) is 5.54. The van der Waals surface area contributed by atoms with Gasteiger partial charge in [0.1, 0.15) is 11.4 Å². The number of ether oxygens (including phenoxy) is 1. The van der Waals surface area contributed by atoms with E-state index in [4.69, 9.17) is 4.74 Å². The zero-order valence-electron chi connectivity index (χ0n) is 10.3. The summed E-state index contributed by atoms with van der Waals surface area (Å²) in [5.41, 5.74) is 0.0565. The summed E-state index contributed by atoms with van der Waals surface area (Å²) < 4.78 is 33.0. The summed E-state index contributed by atoms with van der Waals surface area (Å²) in [6.45, 7) is 0.864. The maximum atomic E-state index is 12.1. The number of pyridine rings is 1. The lowest BCUT2D eigenvalue weighted by molar-refractivity contribution is 0.0780. The van der Waals surface area contributed by atoms with Gasteiger partial charge in [0.15, 0.2) is 6.61 Å². The number of hydrogen-bond acceptors (Lipinski definition) is 6. The van der Waals surface area contributed by atoms with Crippen LogP contribution in [-0.4, -0.2) is 33.3 Å². The number of halogens is 2. The lowest BCUT2D eigenvalue weighted by Crippen LogP contribution is -2.16. The third-order valence-corrected chi connectivity index (χ3v) is 2.83. The molecule has 0 aliphatic rings. The first kappa shape index (κ1) is 14.3. The second-order valence-corrected chi connectivity index (χ2v) is 4.41. The molecule has 0 aromatic carbocycles. The minimum Gasteiger partial charge on any atom is -0.471 e. The minimum absolute atomic E-state index is 0.0565. The third-order valence-electron chi connectivity index (χ3n) is 2.11. The predicted octanol–water partition coefficient (Wildman–Crippen LogP) is 2.14. The molecular formula is C11H10F2N4O2S. The predicted molar refractivity (Wildman–Crippen MR) is 68.3 cm³/mol. The van der Waals surface area contributed by atoms with Gasteiger partial charge in [-0.3, -0.25) is 10.1 Å². The van der Waals surface area contributed by atoms with Gasteiger partial charge in [-0.2, -0.15) is 4.37 Å². The molecule has 0 bridgehead atoms. The summed E-state index contributed by atoms with van der Waals surface area (Å²) in [5, 5.41) is 2.82. The van der Waals surface area contributed by atoms with Crippen LogP contribution in [0.15, 0.2) is 18.3 Å². The van der Waals surface area contributed by atoms with Gasteiger partial charge in [-0.25, -0.2) is 18.7 Å². The Morgan fingerprint density at radius 1 is 1.55 bits per heavy atom. The molecule has 0 radical (unpaired) electrons. The molecule has 106 valence electrons. The van der Waals surface area contributed by atoms with Crippen LogP contribution in [0.25, 0.3) is 0 Å². The average Bonchev–Trinajstić information content (AvgIpc) is 2.82. The van der Waals surface area contributed by atoms with Crippen molar-refractivity contribution in [1.82, 2.24) is 14.3 Å². The van der Waals surface area contributed by atoms with Crippen LogP contribution in [0.3, 0.4) is 0 Å². The molecule has 0 unspecified atom stereocenters. The van der Waals surface area contributed by atoms with Crippen LogP contribution in [-0.2, 0) is 0 Å². The Hall–Kier alpha value is -2.16. The van der Waals surface area contributed by atoms with E-state index < -0.39 is 18.9 Å². The van der Waals surface area contributed by atoms with Crippen molar-refractivity contribution in [1.29, 1.82) is 0 Å². The van der Waals surface area contributed by atoms with Gasteiger partial charge in [-0.1, -0.05) is 0 Å². The fourth-order valence-corrected chi connectivity index (χ4v) is 1.90. The Bertz CT molecular complexity index is 606. The number of nitrogens with one attached hydrogen (secondary N) is 1. The maximum absolute atomic E-state index is 12.1. The standard InChI is InChI=1S/C11H10F2N4O2S/c1-6-15-11(20-17-6)16-9(18)7-3-2-4-14-10(7)19-5-8(12)13/h2-4,8H,5H2,1H3,(H,15,16,17,18). The topological polar surface area (TPSA) is 77.0 Å². The van der Waals surface area contributed by atoms with Crippen molar-refractivity contribution >= 4 is 22.6 Å². The molecule has 0 saturated carbocycles. The second-order valence-electron chi connectivity index (χ2n) is 3.66. The van der Waals surface area contributed by atoms with Gasteiger partial charge in [-0.05, 0) is 19.1 Å². The van der Waals surface area contributed by atoms with Crippen molar-refractivity contribution in [3.63, 3.8) is 0 Å². The van der Waals surface area contributed by atoms with E-state index in [0.29, 0.717) is 11.0 Å². The molecule has 0 aliphatic heterocycles. The first-order chi connectivity index (χ1) is 9.56. The van der Waals surface area contributed by atoms with Crippen LogP contribution in [0.4, 0.5) is 13.9 Å². The SMILES string of the molecule is Cc1nsc(NC(=O)c2cccnc2OCC(F)F)n1. The number of aromatic nitrogens is 3. The number of amides is 1. The van der Waals surface area contributed by atoms with Crippen LogP contribution in [0.1, 0.15) is 16.2 Å². The van der Waals surface area contributed by atoms with Crippen LogP contribution >= 0.6 is 11.5 Å². The summed E-state index contributed by atoms with van der Waals surface area (Å²) >= 11 is 1.02. The quantitative estimate of drug-likeness (QED) is 0.915. The average molecular weight is 300 g/mol. The molecular weight excluding hydrogens is 290 g/mol. The molecule has 1 amide bonds. The molecule has 6 nitrogen and oxygen atoms in total. The number of rotatable bonds is 5. The highest BCUT2D eigenvalue weighted by atomic mass is 32.1. The summed E-state index contributed by atoms with van der Waals surface area (Å²) in [7, 11) is 0. The number of carbonyl (C=O) groups excluding carboxylic acids is 1. The van der Waals surface area contributed by atoms with E-state index in [1.165, 1.54) is 18.3 Å². The highest BCUT2D eigenvalue weighted by molar-refractivity contribution is 7.09. The van der Waals surface area contributed by atoms with Gasteiger partial charge in [-0.15, -0.1) is 0 Å². The van der Waals surface area contributed by atoms with Gasteiger partial charge in [0, 0.05) is 17.7 Å². The number of carbonyl (C=O) groups is 1. The van der Waals surface area contributed by atoms with E-state index in [0.717, 1.165) is 11.5 Å². The van der Waals surface area contributed by atoms with E-state index in [-0.39, 0.29) is 11.4 Å². The van der Waals surface area contributed by atoms with Gasteiger partial charge >= 0.3 is 0 Å². The van der Waals surface area contributed by atoms with Crippen LogP contribution in [0, 0.1) is 6.92 Å². The van der Waals surface area contributed by atoms with Crippen LogP contribution < -0.4 is 10.1 Å². The number of anilines is 1. The molecule has 20 heavy (non-hydrogen) atoms. The van der Waals surface area contributed by atoms with Crippen LogP contribution in [0.2, 0.25) is 0 Å². The monoisotopic (exact) mass is 300 g/mol. The molecule has 2 rings (SSSR count). The molecule has 2 heterocycles. The lowest BCUT2D eigenvalue weighted by Gasteiger charge is -2.08. The van der Waals surface area contributed by atoms with Crippen molar-refractivity contribution < 1.29 is 18.3 Å². The Morgan fingerprint density at radius 2 is 2.35 bits per heavy atom. The van der Waals surface area contributed by atoms with E-state index in [1.807, 2.05) is 0 Å². The van der Waals surface area contributed by atoms with Crippen molar-refractivity contribution in [3.8, 4) is 5.88 Å². The number of hydrogen-bond donors (Lipinski definition) is 1. The molecule has 0 spiro atoms. The zero-order valence-corrected chi connectivity index (χ0v) is 11.2. The van der Waals surface area contributed by atoms with Gasteiger partial charge in [0.25, 0.3) is 12.3 Å². The van der Waals surface area contributed by atoms with Crippen molar-refractivity contribution in [2.75, 3.05) is 11.9 Å². The number of nitrogens with zero attached hydrogens (tertiary/aromatic N) is 3. The lowest BCUT2D eigenvalue weighted by atomic mass is 10.2. The fourth-order valence-electron chi connectivity index (χ4n) is 1.33. The highest BCUT2D eigenvalue weighted by Crippen LogP contribution is 2.18. The number of alkyl halides is 2.